The lowest BCUT2D eigenvalue weighted by Gasteiger charge is -2.21. The molecule has 190 valence electrons. The molecule has 2 aromatic rings. The maximum atomic E-state index is 13.4. The van der Waals surface area contributed by atoms with E-state index < -0.39 is 81.9 Å². The lowest BCUT2D eigenvalue weighted by molar-refractivity contribution is -0.138. The van der Waals surface area contributed by atoms with Gasteiger partial charge in [0.2, 0.25) is 5.88 Å². The highest BCUT2D eigenvalue weighted by Gasteiger charge is 2.35. The fraction of sp³-hybridized carbons (Fsp3) is 0.364. The van der Waals surface area contributed by atoms with Crippen molar-refractivity contribution in [2.24, 2.45) is 5.41 Å². The summed E-state index contributed by atoms with van der Waals surface area (Å²) in [5.74, 6) is -6.49. The molecule has 0 saturated carbocycles. The summed E-state index contributed by atoms with van der Waals surface area (Å²) in [6.45, 7) is 3.41. The summed E-state index contributed by atoms with van der Waals surface area (Å²) in [5, 5.41) is 34.1. The van der Waals surface area contributed by atoms with E-state index in [1.807, 2.05) is 5.32 Å². The van der Waals surface area contributed by atoms with Crippen molar-refractivity contribution in [3.05, 3.63) is 56.9 Å². The van der Waals surface area contributed by atoms with Gasteiger partial charge < -0.3 is 26.0 Å². The number of pyridine rings is 1. The number of carbonyl (C=O) groups excluding carboxylic acids is 2. The Bertz CT molecular complexity index is 1210. The number of carboxylic acids is 1. The Morgan fingerprint density at radius 1 is 0.971 bits per heavy atom. The second kappa shape index (κ2) is 10.1. The van der Waals surface area contributed by atoms with Crippen LogP contribution in [0.25, 0.3) is 0 Å². The molecule has 0 atom stereocenters. The number of nitrogens with one attached hydrogen (secondary N) is 2. The topological polar surface area (TPSA) is 158 Å². The number of amides is 2. The molecule has 35 heavy (non-hydrogen) atoms. The predicted molar refractivity (Wildman–Crippen MR) is 116 cm³/mol. The molecule has 0 fully saturated rings. The first-order valence-electron chi connectivity index (χ1n) is 10.2. The molecule has 0 aliphatic heterocycles. The molecule has 2 rings (SSSR count). The summed E-state index contributed by atoms with van der Waals surface area (Å²) >= 11 is 0. The molecule has 0 radical (unpaired) electrons. The molecule has 0 unspecified atom stereocenters. The molecule has 1 aromatic heterocycles. The van der Waals surface area contributed by atoms with Crippen molar-refractivity contribution >= 4 is 17.8 Å². The second-order valence-electron chi connectivity index (χ2n) is 8.79. The van der Waals surface area contributed by atoms with Gasteiger partial charge in [-0.1, -0.05) is 39.0 Å². The number of carbonyl (C=O) groups is 3. The number of hydrogen-bond acceptors (Lipinski definition) is 6. The van der Waals surface area contributed by atoms with Crippen molar-refractivity contribution < 1.29 is 42.9 Å². The van der Waals surface area contributed by atoms with Crippen LogP contribution in [0.15, 0.2) is 29.1 Å². The standard InChI is InChI=1S/C22H24F3N3O7/c1-21(2,3)10-27-18(33)15-16(31)14(17(32)26-8-13(29)30)19(34)28(20(15)35)9-11-6-4-5-7-12(11)22(23,24)25/h4-7,31,34H,8-10H2,1-3H3,(H,26,32)(H,27,33)(H,29,30). The van der Waals surface area contributed by atoms with E-state index >= 15 is 0 Å². The van der Waals surface area contributed by atoms with Crippen LogP contribution in [0.1, 0.15) is 52.6 Å². The van der Waals surface area contributed by atoms with Crippen molar-refractivity contribution in [2.75, 3.05) is 13.1 Å². The van der Waals surface area contributed by atoms with Crippen molar-refractivity contribution in [2.45, 2.75) is 33.5 Å². The molecule has 0 spiro atoms. The average molecular weight is 499 g/mol. The molecule has 13 heteroatoms. The lowest BCUT2D eigenvalue weighted by atomic mass is 9.97. The molecule has 10 nitrogen and oxygen atoms in total. The smallest absolute Gasteiger partial charge is 0.416 e. The second-order valence-corrected chi connectivity index (χ2v) is 8.79. The zero-order chi connectivity index (χ0) is 26.7. The van der Waals surface area contributed by atoms with Crippen LogP contribution >= 0.6 is 0 Å². The number of hydrogen-bond donors (Lipinski definition) is 5. The number of carboxylic acid groups (broad SMARTS) is 1. The Morgan fingerprint density at radius 2 is 1.54 bits per heavy atom. The van der Waals surface area contributed by atoms with Crippen LogP contribution in [0.2, 0.25) is 0 Å². The fourth-order valence-electron chi connectivity index (χ4n) is 3.04. The number of alkyl halides is 3. The molecule has 0 saturated heterocycles. The Labute approximate surface area is 197 Å². The van der Waals surface area contributed by atoms with E-state index in [0.29, 0.717) is 4.57 Å². The maximum Gasteiger partial charge on any atom is 0.416 e. The highest BCUT2D eigenvalue weighted by Crippen LogP contribution is 2.34. The number of aromatic nitrogens is 1. The van der Waals surface area contributed by atoms with Crippen molar-refractivity contribution in [3.8, 4) is 11.6 Å². The zero-order valence-electron chi connectivity index (χ0n) is 19.0. The minimum atomic E-state index is -4.82. The van der Waals surface area contributed by atoms with Gasteiger partial charge in [0, 0.05) is 6.54 Å². The number of rotatable bonds is 7. The molecule has 1 heterocycles. The largest absolute Gasteiger partial charge is 0.506 e. The summed E-state index contributed by atoms with van der Waals surface area (Å²) in [6, 6.07) is 4.15. The molecule has 2 amide bonds. The Hall–Kier alpha value is -4.03. The fourth-order valence-corrected chi connectivity index (χ4v) is 3.04. The van der Waals surface area contributed by atoms with Crippen LogP contribution in [-0.2, 0) is 17.5 Å². The monoisotopic (exact) mass is 499 g/mol. The highest BCUT2D eigenvalue weighted by molar-refractivity contribution is 6.05. The van der Waals surface area contributed by atoms with E-state index in [2.05, 4.69) is 5.32 Å². The van der Waals surface area contributed by atoms with Crippen molar-refractivity contribution in [1.82, 2.24) is 15.2 Å². The van der Waals surface area contributed by atoms with Crippen LogP contribution in [0, 0.1) is 5.41 Å². The minimum Gasteiger partial charge on any atom is -0.506 e. The summed E-state index contributed by atoms with van der Waals surface area (Å²) in [6.07, 6.45) is -4.82. The number of nitrogens with zero attached hydrogens (tertiary/aromatic N) is 1. The molecule has 5 N–H and O–H groups in total. The van der Waals surface area contributed by atoms with Gasteiger partial charge in [0.05, 0.1) is 12.1 Å². The maximum absolute atomic E-state index is 13.4. The molecular formula is C22H24F3N3O7. The third-order valence-corrected chi connectivity index (χ3v) is 4.70. The number of halogens is 3. The summed E-state index contributed by atoms with van der Waals surface area (Å²) < 4.78 is 40.7. The molecule has 0 aliphatic rings. The van der Waals surface area contributed by atoms with Crippen LogP contribution < -0.4 is 16.2 Å². The van der Waals surface area contributed by atoms with E-state index in [0.717, 1.165) is 18.2 Å². The number of aliphatic carboxylic acids is 1. The predicted octanol–water partition coefficient (Wildman–Crippen LogP) is 1.92. The van der Waals surface area contributed by atoms with E-state index in [-0.39, 0.29) is 6.54 Å². The molecule has 0 bridgehead atoms. The first-order valence-corrected chi connectivity index (χ1v) is 10.2. The van der Waals surface area contributed by atoms with Gasteiger partial charge in [-0.25, -0.2) is 0 Å². The number of benzene rings is 1. The summed E-state index contributed by atoms with van der Waals surface area (Å²) in [5.41, 5.74) is -5.48. The quantitative estimate of drug-likeness (QED) is 0.389. The van der Waals surface area contributed by atoms with E-state index in [9.17, 15) is 42.6 Å². The van der Waals surface area contributed by atoms with E-state index in [1.165, 1.54) is 6.07 Å². The van der Waals surface area contributed by atoms with Gasteiger partial charge in [0.15, 0.2) is 5.75 Å². The third-order valence-electron chi connectivity index (χ3n) is 4.70. The normalized spacial score (nSPS) is 11.7. The van der Waals surface area contributed by atoms with Crippen molar-refractivity contribution in [1.29, 1.82) is 0 Å². The van der Waals surface area contributed by atoms with Crippen LogP contribution in [-0.4, -0.2) is 50.8 Å². The zero-order valence-corrected chi connectivity index (χ0v) is 19.0. The SMILES string of the molecule is CC(C)(C)CNC(=O)c1c(O)c(C(=O)NCC(=O)O)c(O)n(Cc2ccccc2C(F)(F)F)c1=O. The Kier molecular flexibility index (Phi) is 7.83. The van der Waals surface area contributed by atoms with Crippen LogP contribution in [0.5, 0.6) is 11.6 Å². The van der Waals surface area contributed by atoms with Gasteiger partial charge in [-0.05, 0) is 17.0 Å². The lowest BCUT2D eigenvalue weighted by Crippen LogP contribution is -2.39. The van der Waals surface area contributed by atoms with Crippen LogP contribution in [0.3, 0.4) is 0 Å². The molecule has 0 aliphatic carbocycles. The first-order chi connectivity index (χ1) is 16.0. The van der Waals surface area contributed by atoms with E-state index in [1.54, 1.807) is 20.8 Å². The van der Waals surface area contributed by atoms with Gasteiger partial charge in [0.25, 0.3) is 17.4 Å². The number of aromatic hydroxyl groups is 2. The van der Waals surface area contributed by atoms with Gasteiger partial charge in [-0.3, -0.25) is 23.7 Å². The molecule has 1 aromatic carbocycles. The Morgan fingerprint density at radius 3 is 2.09 bits per heavy atom. The molecular weight excluding hydrogens is 475 g/mol. The Balaban J connectivity index is 2.73. The van der Waals surface area contributed by atoms with Crippen molar-refractivity contribution in [3.63, 3.8) is 0 Å². The van der Waals surface area contributed by atoms with Gasteiger partial charge in [-0.15, -0.1) is 0 Å². The van der Waals surface area contributed by atoms with Gasteiger partial charge >= 0.3 is 12.1 Å². The van der Waals surface area contributed by atoms with Gasteiger partial charge in [0.1, 0.15) is 17.7 Å². The summed E-state index contributed by atoms with van der Waals surface area (Å²) in [7, 11) is 0. The van der Waals surface area contributed by atoms with E-state index in [4.69, 9.17) is 5.11 Å². The minimum absolute atomic E-state index is 0.0169. The summed E-state index contributed by atoms with van der Waals surface area (Å²) in [4.78, 5) is 49.1. The third kappa shape index (κ3) is 6.52. The van der Waals surface area contributed by atoms with Gasteiger partial charge in [-0.2, -0.15) is 13.2 Å². The first kappa shape index (κ1) is 27.2. The average Bonchev–Trinajstić information content (AvgIpc) is 2.73. The highest BCUT2D eigenvalue weighted by atomic mass is 19.4. The van der Waals surface area contributed by atoms with Crippen LogP contribution in [0.4, 0.5) is 13.2 Å².